The summed E-state index contributed by atoms with van der Waals surface area (Å²) in [7, 11) is 1.24. The zero-order valence-electron chi connectivity index (χ0n) is 11.7. The van der Waals surface area contributed by atoms with Gasteiger partial charge < -0.3 is 10.5 Å². The Bertz CT molecular complexity index is 281. The molecule has 0 rings (SSSR count). The highest BCUT2D eigenvalue weighted by Gasteiger charge is 2.32. The number of halogens is 3. The predicted octanol–water partition coefficient (Wildman–Crippen LogP) is 1.93. The first-order valence-electron chi connectivity index (χ1n) is 6.29. The molecule has 1 unspecified atom stereocenters. The van der Waals surface area contributed by atoms with Crippen LogP contribution in [0.1, 0.15) is 33.1 Å². The molecule has 0 heterocycles. The number of carbonyl (C=O) groups is 1. The molecule has 4 nitrogen and oxygen atoms in total. The molecule has 7 heteroatoms. The average Bonchev–Trinajstić information content (AvgIpc) is 2.25. The molecule has 0 aliphatic rings. The minimum absolute atomic E-state index is 0.261. The Morgan fingerprint density at radius 2 is 1.89 bits per heavy atom. The number of methoxy groups -OCH3 is 1. The fourth-order valence-corrected chi connectivity index (χ4v) is 1.84. The first-order valence-corrected chi connectivity index (χ1v) is 6.29. The van der Waals surface area contributed by atoms with Crippen molar-refractivity contribution in [2.24, 2.45) is 5.73 Å². The van der Waals surface area contributed by atoms with E-state index in [9.17, 15) is 18.0 Å². The summed E-state index contributed by atoms with van der Waals surface area (Å²) >= 11 is 0. The number of ether oxygens (including phenoxy) is 1. The van der Waals surface area contributed by atoms with Crippen molar-refractivity contribution in [3.8, 4) is 0 Å². The van der Waals surface area contributed by atoms with E-state index in [-0.39, 0.29) is 13.0 Å². The van der Waals surface area contributed by atoms with Gasteiger partial charge >= 0.3 is 12.1 Å². The Hall–Kier alpha value is -0.820. The molecule has 0 amide bonds. The van der Waals surface area contributed by atoms with Crippen LogP contribution in [0.15, 0.2) is 0 Å². The van der Waals surface area contributed by atoms with E-state index >= 15 is 0 Å². The summed E-state index contributed by atoms with van der Waals surface area (Å²) in [5.74, 6) is -0.551. The lowest BCUT2D eigenvalue weighted by Gasteiger charge is -2.26. The number of nitrogens with two attached hydrogens (primary N) is 1. The van der Waals surface area contributed by atoms with Gasteiger partial charge in [0.1, 0.15) is 5.54 Å². The van der Waals surface area contributed by atoms with Crippen molar-refractivity contribution in [1.82, 2.24) is 4.90 Å². The molecule has 0 aliphatic carbocycles. The third kappa shape index (κ3) is 8.05. The quantitative estimate of drug-likeness (QED) is 0.692. The van der Waals surface area contributed by atoms with Crippen LogP contribution in [0.4, 0.5) is 13.2 Å². The first-order chi connectivity index (χ1) is 8.62. The maximum absolute atomic E-state index is 12.3. The maximum Gasteiger partial charge on any atom is 0.401 e. The van der Waals surface area contributed by atoms with Gasteiger partial charge in [-0.2, -0.15) is 13.2 Å². The molecule has 0 aliphatic heterocycles. The van der Waals surface area contributed by atoms with Crippen LogP contribution in [0.5, 0.6) is 0 Å². The summed E-state index contributed by atoms with van der Waals surface area (Å²) in [6, 6.07) is 0. The van der Waals surface area contributed by atoms with Crippen LogP contribution < -0.4 is 5.73 Å². The van der Waals surface area contributed by atoms with Crippen molar-refractivity contribution in [3.05, 3.63) is 0 Å². The standard InChI is InChI=1S/C12H23F3N2O2/c1-4-7-17(9-12(13,14)15)8-5-6-11(2,16)10(18)19-3/h4-9,16H2,1-3H3. The Labute approximate surface area is 112 Å². The van der Waals surface area contributed by atoms with Gasteiger partial charge in [0.25, 0.3) is 0 Å². The van der Waals surface area contributed by atoms with E-state index in [2.05, 4.69) is 4.74 Å². The minimum atomic E-state index is -4.20. The van der Waals surface area contributed by atoms with Crippen LogP contribution in [0.25, 0.3) is 0 Å². The molecule has 0 aromatic heterocycles. The Balaban J connectivity index is 4.23. The van der Waals surface area contributed by atoms with E-state index in [1.807, 2.05) is 6.92 Å². The van der Waals surface area contributed by atoms with E-state index in [1.54, 1.807) is 0 Å². The zero-order valence-corrected chi connectivity index (χ0v) is 11.7. The fraction of sp³-hybridized carbons (Fsp3) is 0.917. The van der Waals surface area contributed by atoms with E-state index in [1.165, 1.54) is 18.9 Å². The first kappa shape index (κ1) is 18.2. The number of nitrogens with zero attached hydrogens (tertiary/aromatic N) is 1. The highest BCUT2D eigenvalue weighted by atomic mass is 19.4. The molecule has 1 atom stereocenters. The minimum Gasteiger partial charge on any atom is -0.468 e. The average molecular weight is 284 g/mol. The number of carbonyl (C=O) groups excluding carboxylic acids is 1. The van der Waals surface area contributed by atoms with Crippen molar-refractivity contribution < 1.29 is 22.7 Å². The number of hydrogen-bond donors (Lipinski definition) is 1. The largest absolute Gasteiger partial charge is 0.468 e. The van der Waals surface area contributed by atoms with Gasteiger partial charge in [-0.25, -0.2) is 0 Å². The highest BCUT2D eigenvalue weighted by Crippen LogP contribution is 2.18. The number of esters is 1. The van der Waals surface area contributed by atoms with Crippen LogP contribution in [-0.2, 0) is 9.53 Å². The second kappa shape index (κ2) is 7.69. The van der Waals surface area contributed by atoms with Gasteiger partial charge in [0.05, 0.1) is 13.7 Å². The fourth-order valence-electron chi connectivity index (χ4n) is 1.84. The Kier molecular flexibility index (Phi) is 7.36. The van der Waals surface area contributed by atoms with Gasteiger partial charge in [-0.05, 0) is 39.3 Å². The van der Waals surface area contributed by atoms with Crippen LogP contribution in [-0.4, -0.2) is 49.3 Å². The Morgan fingerprint density at radius 3 is 2.32 bits per heavy atom. The van der Waals surface area contributed by atoms with E-state index in [0.29, 0.717) is 19.4 Å². The second-order valence-corrected chi connectivity index (χ2v) is 4.90. The van der Waals surface area contributed by atoms with Gasteiger partial charge in [0.2, 0.25) is 0 Å². The van der Waals surface area contributed by atoms with Crippen molar-refractivity contribution in [2.45, 2.75) is 44.8 Å². The van der Waals surface area contributed by atoms with Gasteiger partial charge in [-0.15, -0.1) is 0 Å². The highest BCUT2D eigenvalue weighted by molar-refractivity contribution is 5.79. The molecule has 0 saturated heterocycles. The molecule has 114 valence electrons. The molecule has 0 bridgehead atoms. The zero-order chi connectivity index (χ0) is 15.1. The normalized spacial score (nSPS) is 15.4. The SMILES string of the molecule is CCCN(CCCC(C)(N)C(=O)OC)CC(F)(F)F. The smallest absolute Gasteiger partial charge is 0.401 e. The summed E-state index contributed by atoms with van der Waals surface area (Å²) < 4.78 is 41.5. The topological polar surface area (TPSA) is 55.6 Å². The second-order valence-electron chi connectivity index (χ2n) is 4.90. The van der Waals surface area contributed by atoms with Gasteiger partial charge in [0.15, 0.2) is 0 Å². The molecule has 0 saturated carbocycles. The van der Waals surface area contributed by atoms with Crippen molar-refractivity contribution >= 4 is 5.97 Å². The lowest BCUT2D eigenvalue weighted by Crippen LogP contribution is -2.46. The van der Waals surface area contributed by atoms with E-state index in [0.717, 1.165) is 0 Å². The molecule has 0 aromatic rings. The van der Waals surface area contributed by atoms with E-state index < -0.39 is 24.2 Å². The number of rotatable bonds is 8. The summed E-state index contributed by atoms with van der Waals surface area (Å²) in [5.41, 5.74) is 4.59. The summed E-state index contributed by atoms with van der Waals surface area (Å²) in [6.07, 6.45) is -2.85. The van der Waals surface area contributed by atoms with Gasteiger partial charge in [-0.1, -0.05) is 6.92 Å². The van der Waals surface area contributed by atoms with Crippen LogP contribution in [0.2, 0.25) is 0 Å². The van der Waals surface area contributed by atoms with Gasteiger partial charge in [0, 0.05) is 0 Å². The molecular weight excluding hydrogens is 261 g/mol. The van der Waals surface area contributed by atoms with Crippen LogP contribution in [0.3, 0.4) is 0 Å². The summed E-state index contributed by atoms with van der Waals surface area (Å²) in [4.78, 5) is 12.6. The third-order valence-electron chi connectivity index (χ3n) is 2.76. The lowest BCUT2D eigenvalue weighted by atomic mass is 9.97. The predicted molar refractivity (Wildman–Crippen MR) is 66.6 cm³/mol. The van der Waals surface area contributed by atoms with Crippen molar-refractivity contribution in [3.63, 3.8) is 0 Å². The monoisotopic (exact) mass is 284 g/mol. The summed E-state index contributed by atoms with van der Waals surface area (Å²) in [5, 5.41) is 0. The molecule has 0 radical (unpaired) electrons. The summed E-state index contributed by atoms with van der Waals surface area (Å²) in [6.45, 7) is 3.05. The third-order valence-corrected chi connectivity index (χ3v) is 2.76. The molecule has 19 heavy (non-hydrogen) atoms. The van der Waals surface area contributed by atoms with E-state index in [4.69, 9.17) is 5.73 Å². The van der Waals surface area contributed by atoms with Gasteiger partial charge in [-0.3, -0.25) is 9.69 Å². The van der Waals surface area contributed by atoms with Crippen LogP contribution in [0, 0.1) is 0 Å². The number of hydrogen-bond acceptors (Lipinski definition) is 4. The molecule has 0 aromatic carbocycles. The van der Waals surface area contributed by atoms with Crippen LogP contribution >= 0.6 is 0 Å². The van der Waals surface area contributed by atoms with Crippen molar-refractivity contribution in [2.75, 3.05) is 26.7 Å². The molecule has 0 spiro atoms. The Morgan fingerprint density at radius 1 is 1.32 bits per heavy atom. The number of alkyl halides is 3. The lowest BCUT2D eigenvalue weighted by molar-refractivity contribution is -0.149. The maximum atomic E-state index is 12.3. The molecule has 0 fully saturated rings. The molecular formula is C12H23F3N2O2. The molecule has 2 N–H and O–H groups in total. The van der Waals surface area contributed by atoms with Crippen molar-refractivity contribution in [1.29, 1.82) is 0 Å².